The lowest BCUT2D eigenvalue weighted by atomic mass is 10.1. The Morgan fingerprint density at radius 1 is 1.00 bits per heavy atom. The minimum atomic E-state index is -0.420. The number of rotatable bonds is 8. The second kappa shape index (κ2) is 10.4. The first kappa shape index (κ1) is 24.7. The summed E-state index contributed by atoms with van der Waals surface area (Å²) in [6, 6.07) is 20.0. The molecule has 184 valence electrons. The van der Waals surface area contributed by atoms with Crippen molar-refractivity contribution in [3.05, 3.63) is 116 Å². The van der Waals surface area contributed by atoms with Crippen molar-refractivity contribution >= 4 is 17.3 Å². The first-order chi connectivity index (χ1) is 17.2. The smallest absolute Gasteiger partial charge is 0.272 e. The van der Waals surface area contributed by atoms with Crippen LogP contribution in [0.3, 0.4) is 0 Å². The van der Waals surface area contributed by atoms with Crippen LogP contribution in [0.1, 0.15) is 44.0 Å². The maximum absolute atomic E-state index is 13.1. The van der Waals surface area contributed by atoms with Crippen molar-refractivity contribution in [2.45, 2.75) is 40.8 Å². The van der Waals surface area contributed by atoms with Crippen LogP contribution >= 0.6 is 0 Å². The van der Waals surface area contributed by atoms with Crippen molar-refractivity contribution < 1.29 is 14.5 Å². The van der Waals surface area contributed by atoms with Crippen molar-refractivity contribution in [1.29, 1.82) is 0 Å². The molecular weight excluding hydrogens is 456 g/mol. The second-order valence-electron chi connectivity index (χ2n) is 8.78. The zero-order chi connectivity index (χ0) is 25.8. The van der Waals surface area contributed by atoms with E-state index in [9.17, 15) is 14.9 Å². The molecule has 3 aromatic carbocycles. The molecule has 0 saturated heterocycles. The van der Waals surface area contributed by atoms with Gasteiger partial charge in [-0.2, -0.15) is 5.10 Å². The minimum Gasteiger partial charge on any atom is -0.489 e. The molecule has 0 aliphatic rings. The highest BCUT2D eigenvalue weighted by Crippen LogP contribution is 2.25. The molecule has 4 rings (SSSR count). The molecule has 0 fully saturated rings. The fourth-order valence-corrected chi connectivity index (χ4v) is 4.06. The van der Waals surface area contributed by atoms with Crippen LogP contribution in [0.25, 0.3) is 0 Å². The number of benzene rings is 3. The van der Waals surface area contributed by atoms with E-state index < -0.39 is 4.92 Å². The largest absolute Gasteiger partial charge is 0.489 e. The number of ether oxygens (including phenoxy) is 1. The zero-order valence-corrected chi connectivity index (χ0v) is 20.7. The second-order valence-corrected chi connectivity index (χ2v) is 8.78. The Bertz CT molecular complexity index is 1440. The summed E-state index contributed by atoms with van der Waals surface area (Å²) in [5.41, 5.74) is 6.60. The number of carbonyl (C=O) groups excluding carboxylic acids is 1. The molecule has 36 heavy (non-hydrogen) atoms. The predicted molar refractivity (Wildman–Crippen MR) is 139 cm³/mol. The van der Waals surface area contributed by atoms with Gasteiger partial charge in [-0.15, -0.1) is 0 Å². The fourth-order valence-electron chi connectivity index (χ4n) is 4.06. The molecule has 0 bridgehead atoms. The number of aromatic nitrogens is 2. The number of nitrogens with zero attached hydrogens (tertiary/aromatic N) is 3. The Morgan fingerprint density at radius 2 is 1.78 bits per heavy atom. The lowest BCUT2D eigenvalue weighted by molar-refractivity contribution is -0.385. The standard InChI is InChI=1S/C28H28N4O4/c1-18-8-5-6-10-24(18)16-31-21(4)27(20(3)30-31)29-28(33)23-11-7-9-22(15-23)17-36-25-12-13-26(32(34)35)19(2)14-25/h5-15H,16-17H2,1-4H3,(H,29,33). The minimum absolute atomic E-state index is 0.0498. The molecule has 0 unspecified atom stereocenters. The van der Waals surface area contributed by atoms with E-state index in [0.29, 0.717) is 29.1 Å². The summed E-state index contributed by atoms with van der Waals surface area (Å²) in [7, 11) is 0. The fraction of sp³-hybridized carbons (Fsp3) is 0.214. The van der Waals surface area contributed by atoms with Crippen LogP contribution in [0, 0.1) is 37.8 Å². The molecular formula is C28H28N4O4. The molecule has 1 N–H and O–H groups in total. The first-order valence-corrected chi connectivity index (χ1v) is 11.6. The van der Waals surface area contributed by atoms with E-state index >= 15 is 0 Å². The van der Waals surface area contributed by atoms with Crippen molar-refractivity contribution in [3.8, 4) is 5.75 Å². The third kappa shape index (κ3) is 5.43. The van der Waals surface area contributed by atoms with Crippen LogP contribution in [0.4, 0.5) is 11.4 Å². The highest BCUT2D eigenvalue weighted by atomic mass is 16.6. The third-order valence-electron chi connectivity index (χ3n) is 6.16. The maximum Gasteiger partial charge on any atom is 0.272 e. The summed E-state index contributed by atoms with van der Waals surface area (Å²) in [6.07, 6.45) is 0. The van der Waals surface area contributed by atoms with E-state index in [0.717, 1.165) is 17.0 Å². The van der Waals surface area contributed by atoms with Gasteiger partial charge in [0.2, 0.25) is 0 Å². The summed E-state index contributed by atoms with van der Waals surface area (Å²) in [5, 5.41) is 18.7. The molecule has 1 amide bonds. The molecule has 0 radical (unpaired) electrons. The van der Waals surface area contributed by atoms with Crippen LogP contribution in [-0.4, -0.2) is 20.6 Å². The van der Waals surface area contributed by atoms with Gasteiger partial charge in [0.25, 0.3) is 11.6 Å². The Labute approximate surface area is 209 Å². The van der Waals surface area contributed by atoms with E-state index in [1.165, 1.54) is 17.2 Å². The summed E-state index contributed by atoms with van der Waals surface area (Å²) in [4.78, 5) is 23.6. The van der Waals surface area contributed by atoms with Crippen molar-refractivity contribution in [3.63, 3.8) is 0 Å². The van der Waals surface area contributed by atoms with Crippen LogP contribution in [0.2, 0.25) is 0 Å². The molecule has 8 nitrogen and oxygen atoms in total. The average Bonchev–Trinajstić information content (AvgIpc) is 3.11. The van der Waals surface area contributed by atoms with Crippen LogP contribution in [-0.2, 0) is 13.2 Å². The van der Waals surface area contributed by atoms with Crippen LogP contribution in [0.15, 0.2) is 66.7 Å². The van der Waals surface area contributed by atoms with Gasteiger partial charge in [0.15, 0.2) is 0 Å². The summed E-state index contributed by atoms with van der Waals surface area (Å²) >= 11 is 0. The Hall–Kier alpha value is -4.46. The molecule has 0 atom stereocenters. The molecule has 0 aliphatic carbocycles. The van der Waals surface area contributed by atoms with Crippen molar-refractivity contribution in [2.24, 2.45) is 0 Å². The highest BCUT2D eigenvalue weighted by Gasteiger charge is 2.16. The summed E-state index contributed by atoms with van der Waals surface area (Å²) in [5.74, 6) is 0.296. The summed E-state index contributed by atoms with van der Waals surface area (Å²) in [6.45, 7) is 8.43. The average molecular weight is 485 g/mol. The lowest BCUT2D eigenvalue weighted by Crippen LogP contribution is -2.14. The molecule has 0 aliphatic heterocycles. The lowest BCUT2D eigenvalue weighted by Gasteiger charge is -2.10. The molecule has 1 heterocycles. The number of carbonyl (C=O) groups is 1. The normalized spacial score (nSPS) is 10.8. The van der Waals surface area contributed by atoms with E-state index in [-0.39, 0.29) is 18.2 Å². The summed E-state index contributed by atoms with van der Waals surface area (Å²) < 4.78 is 7.71. The van der Waals surface area contributed by atoms with Crippen LogP contribution < -0.4 is 10.1 Å². The predicted octanol–water partition coefficient (Wildman–Crippen LogP) is 5.90. The van der Waals surface area contributed by atoms with Gasteiger partial charge in [-0.3, -0.25) is 19.6 Å². The van der Waals surface area contributed by atoms with Crippen molar-refractivity contribution in [2.75, 3.05) is 5.32 Å². The first-order valence-electron chi connectivity index (χ1n) is 11.6. The SMILES string of the molecule is Cc1ccccc1Cn1nc(C)c(NC(=O)c2cccc(COc3ccc([N+](=O)[O-])c(C)c3)c2)c1C. The van der Waals surface area contributed by atoms with E-state index in [2.05, 4.69) is 29.5 Å². The van der Waals surface area contributed by atoms with Crippen molar-refractivity contribution in [1.82, 2.24) is 9.78 Å². The van der Waals surface area contributed by atoms with Gasteiger partial charge < -0.3 is 10.1 Å². The van der Waals surface area contributed by atoms with Gasteiger partial charge in [0.1, 0.15) is 12.4 Å². The molecule has 1 aromatic heterocycles. The van der Waals surface area contributed by atoms with E-state index in [4.69, 9.17) is 4.74 Å². The van der Waals surface area contributed by atoms with Gasteiger partial charge in [0.05, 0.1) is 28.5 Å². The molecule has 4 aromatic rings. The van der Waals surface area contributed by atoms with Gasteiger partial charge in [-0.1, -0.05) is 36.4 Å². The Morgan fingerprint density at radius 3 is 2.50 bits per heavy atom. The maximum atomic E-state index is 13.1. The monoisotopic (exact) mass is 484 g/mol. The number of aryl methyl sites for hydroxylation is 3. The number of anilines is 1. The third-order valence-corrected chi connectivity index (χ3v) is 6.16. The molecule has 8 heteroatoms. The number of amides is 1. The topological polar surface area (TPSA) is 99.3 Å². The number of hydrogen-bond acceptors (Lipinski definition) is 5. The Balaban J connectivity index is 1.45. The van der Waals surface area contributed by atoms with Gasteiger partial charge in [-0.25, -0.2) is 0 Å². The van der Waals surface area contributed by atoms with Gasteiger partial charge >= 0.3 is 0 Å². The van der Waals surface area contributed by atoms with Gasteiger partial charge in [0, 0.05) is 17.2 Å². The highest BCUT2D eigenvalue weighted by molar-refractivity contribution is 6.05. The molecule has 0 saturated carbocycles. The number of nitro groups is 1. The molecule has 0 spiro atoms. The van der Waals surface area contributed by atoms with E-state index in [1.807, 2.05) is 36.7 Å². The number of hydrogen-bond donors (Lipinski definition) is 1. The quantitative estimate of drug-likeness (QED) is 0.248. The number of nitrogens with one attached hydrogen (secondary N) is 1. The Kier molecular flexibility index (Phi) is 7.15. The van der Waals surface area contributed by atoms with Crippen LogP contribution in [0.5, 0.6) is 5.75 Å². The number of nitro benzene ring substituents is 1. The van der Waals surface area contributed by atoms with E-state index in [1.54, 1.807) is 37.3 Å². The van der Waals surface area contributed by atoms with Gasteiger partial charge in [-0.05, 0) is 68.7 Å². The zero-order valence-electron chi connectivity index (χ0n) is 20.7.